The van der Waals surface area contributed by atoms with Gasteiger partial charge in [0.2, 0.25) is 5.95 Å². The van der Waals surface area contributed by atoms with Crippen molar-refractivity contribution in [2.45, 2.75) is 12.8 Å². The maximum Gasteiger partial charge on any atom is 0.263 e. The number of H-pyrrole nitrogens is 1. The average molecular weight is 277 g/mol. The lowest BCUT2D eigenvalue weighted by atomic mass is 9.99. The van der Waals surface area contributed by atoms with Crippen LogP contribution < -0.4 is 10.5 Å². The molecule has 7 nitrogen and oxygen atoms in total. The van der Waals surface area contributed by atoms with E-state index in [1.165, 1.54) is 0 Å². The summed E-state index contributed by atoms with van der Waals surface area (Å²) < 4.78 is 6.86. The van der Waals surface area contributed by atoms with E-state index < -0.39 is 0 Å². The Morgan fingerprint density at radius 2 is 2.40 bits per heavy atom. The van der Waals surface area contributed by atoms with Gasteiger partial charge in [0.25, 0.3) is 5.56 Å². The van der Waals surface area contributed by atoms with Crippen molar-refractivity contribution in [2.24, 2.45) is 13.0 Å². The third-order valence-electron chi connectivity index (χ3n) is 3.81. The Kier molecular flexibility index (Phi) is 3.43. The van der Waals surface area contributed by atoms with Crippen molar-refractivity contribution >= 4 is 17.0 Å². The van der Waals surface area contributed by atoms with Crippen LogP contribution in [0.4, 0.5) is 5.95 Å². The second-order valence-corrected chi connectivity index (χ2v) is 5.30. The van der Waals surface area contributed by atoms with Crippen molar-refractivity contribution in [2.75, 3.05) is 31.7 Å². The number of aryl methyl sites for hydroxylation is 1. The maximum absolute atomic E-state index is 12.1. The topological polar surface area (TPSA) is 76.0 Å². The predicted molar refractivity (Wildman–Crippen MR) is 75.9 cm³/mol. The Hall–Kier alpha value is -1.89. The van der Waals surface area contributed by atoms with Gasteiger partial charge in [0.05, 0.1) is 12.8 Å². The van der Waals surface area contributed by atoms with Crippen LogP contribution in [0, 0.1) is 5.92 Å². The summed E-state index contributed by atoms with van der Waals surface area (Å²) in [7, 11) is 3.52. The van der Waals surface area contributed by atoms with Gasteiger partial charge in [0.1, 0.15) is 5.39 Å². The first-order valence-electron chi connectivity index (χ1n) is 6.85. The minimum absolute atomic E-state index is 0.132. The number of nitrogens with one attached hydrogen (secondary N) is 1. The number of hydrogen-bond donors (Lipinski definition) is 1. The number of fused-ring (bicyclic) bond motifs is 1. The fourth-order valence-corrected chi connectivity index (χ4v) is 2.80. The van der Waals surface area contributed by atoms with Crippen LogP contribution in [-0.4, -0.2) is 46.6 Å². The molecule has 0 aliphatic carbocycles. The minimum Gasteiger partial charge on any atom is -0.384 e. The number of nitrogens with zero attached hydrogens (tertiary/aromatic N) is 4. The number of piperidine rings is 1. The molecule has 0 radical (unpaired) electrons. The van der Waals surface area contributed by atoms with E-state index in [9.17, 15) is 4.79 Å². The molecule has 108 valence electrons. The highest BCUT2D eigenvalue weighted by atomic mass is 16.5. The lowest BCUT2D eigenvalue weighted by Gasteiger charge is -2.32. The van der Waals surface area contributed by atoms with Crippen molar-refractivity contribution in [3.63, 3.8) is 0 Å². The van der Waals surface area contributed by atoms with Gasteiger partial charge in [-0.25, -0.2) is 0 Å². The van der Waals surface area contributed by atoms with Gasteiger partial charge in [-0.15, -0.1) is 0 Å². The fourth-order valence-electron chi connectivity index (χ4n) is 2.80. The van der Waals surface area contributed by atoms with Crippen molar-refractivity contribution < 1.29 is 4.74 Å². The molecule has 0 bridgehead atoms. The molecule has 2 aromatic heterocycles. The molecule has 3 rings (SSSR count). The number of aromatic amines is 1. The van der Waals surface area contributed by atoms with Crippen LogP contribution in [-0.2, 0) is 11.8 Å². The summed E-state index contributed by atoms with van der Waals surface area (Å²) in [5.41, 5.74) is 0.490. The van der Waals surface area contributed by atoms with Crippen LogP contribution in [0.1, 0.15) is 12.8 Å². The Morgan fingerprint density at radius 3 is 3.20 bits per heavy atom. The van der Waals surface area contributed by atoms with E-state index >= 15 is 0 Å². The van der Waals surface area contributed by atoms with Crippen LogP contribution in [0.15, 0.2) is 11.0 Å². The SMILES string of the molecule is COCC1CCCN(c2nc3c(cnn3C)c(=O)[nH]2)C1. The van der Waals surface area contributed by atoms with E-state index in [0.29, 0.717) is 22.9 Å². The van der Waals surface area contributed by atoms with Gasteiger partial charge in [-0.05, 0) is 18.8 Å². The molecule has 1 unspecified atom stereocenters. The van der Waals surface area contributed by atoms with E-state index in [-0.39, 0.29) is 5.56 Å². The molecule has 1 aliphatic rings. The summed E-state index contributed by atoms with van der Waals surface area (Å²) in [5, 5.41) is 4.61. The zero-order valence-corrected chi connectivity index (χ0v) is 11.8. The Labute approximate surface area is 116 Å². The summed E-state index contributed by atoms with van der Waals surface area (Å²) in [4.78, 5) is 21.6. The first-order valence-corrected chi connectivity index (χ1v) is 6.85. The molecule has 2 aromatic rings. The molecule has 0 amide bonds. The molecule has 0 saturated carbocycles. The first kappa shape index (κ1) is 13.1. The second kappa shape index (κ2) is 5.24. The van der Waals surface area contributed by atoms with Crippen LogP contribution >= 0.6 is 0 Å². The number of ether oxygens (including phenoxy) is 1. The van der Waals surface area contributed by atoms with Crippen molar-refractivity contribution in [3.8, 4) is 0 Å². The molecular weight excluding hydrogens is 258 g/mol. The van der Waals surface area contributed by atoms with Crippen LogP contribution in [0.2, 0.25) is 0 Å². The number of aromatic nitrogens is 4. The number of methoxy groups -OCH3 is 1. The Balaban J connectivity index is 1.93. The van der Waals surface area contributed by atoms with E-state index in [1.54, 1.807) is 25.0 Å². The molecule has 3 heterocycles. The molecule has 1 N–H and O–H groups in total. The zero-order valence-electron chi connectivity index (χ0n) is 11.8. The number of rotatable bonds is 3. The van der Waals surface area contributed by atoms with Crippen LogP contribution in [0.3, 0.4) is 0 Å². The van der Waals surface area contributed by atoms with Gasteiger partial charge >= 0.3 is 0 Å². The quantitative estimate of drug-likeness (QED) is 0.885. The summed E-state index contributed by atoms with van der Waals surface area (Å²) in [6, 6.07) is 0. The molecule has 20 heavy (non-hydrogen) atoms. The number of hydrogen-bond acceptors (Lipinski definition) is 5. The van der Waals surface area contributed by atoms with Gasteiger partial charge in [0, 0.05) is 27.2 Å². The van der Waals surface area contributed by atoms with Gasteiger partial charge in [0.15, 0.2) is 5.65 Å². The lowest BCUT2D eigenvalue weighted by molar-refractivity contribution is 0.143. The summed E-state index contributed by atoms with van der Waals surface area (Å²) in [6.07, 6.45) is 3.79. The fraction of sp³-hybridized carbons (Fsp3) is 0.615. The molecule has 1 aliphatic heterocycles. The third-order valence-corrected chi connectivity index (χ3v) is 3.81. The van der Waals surface area contributed by atoms with Gasteiger partial charge in [-0.2, -0.15) is 10.1 Å². The van der Waals surface area contributed by atoms with Crippen molar-refractivity contribution in [1.82, 2.24) is 19.7 Å². The smallest absolute Gasteiger partial charge is 0.263 e. The van der Waals surface area contributed by atoms with Crippen molar-refractivity contribution in [1.29, 1.82) is 0 Å². The van der Waals surface area contributed by atoms with E-state index in [1.807, 2.05) is 0 Å². The molecule has 0 spiro atoms. The summed E-state index contributed by atoms with van der Waals surface area (Å²) in [5.74, 6) is 1.12. The molecule has 1 fully saturated rings. The van der Waals surface area contributed by atoms with Crippen LogP contribution in [0.25, 0.3) is 11.0 Å². The second-order valence-electron chi connectivity index (χ2n) is 5.30. The molecule has 0 aromatic carbocycles. The van der Waals surface area contributed by atoms with Gasteiger partial charge < -0.3 is 9.64 Å². The van der Waals surface area contributed by atoms with E-state index in [0.717, 1.165) is 32.5 Å². The minimum atomic E-state index is -0.132. The molecular formula is C13H19N5O2. The lowest BCUT2D eigenvalue weighted by Crippen LogP contribution is -2.39. The first-order chi connectivity index (χ1) is 9.69. The number of anilines is 1. The molecule has 1 atom stereocenters. The Bertz CT molecular complexity index is 660. The standard InChI is InChI=1S/C13H19N5O2/c1-17-11-10(6-14-17)12(19)16-13(15-11)18-5-3-4-9(7-18)8-20-2/h6,9H,3-5,7-8H2,1-2H3,(H,15,16,19). The monoisotopic (exact) mass is 277 g/mol. The highest BCUT2D eigenvalue weighted by molar-refractivity contribution is 5.74. The maximum atomic E-state index is 12.1. The zero-order chi connectivity index (χ0) is 14.1. The van der Waals surface area contributed by atoms with Crippen molar-refractivity contribution in [3.05, 3.63) is 16.6 Å². The van der Waals surface area contributed by atoms with E-state index in [4.69, 9.17) is 4.74 Å². The molecule has 7 heteroatoms. The van der Waals surface area contributed by atoms with Gasteiger partial charge in [-0.3, -0.25) is 14.5 Å². The highest BCUT2D eigenvalue weighted by Crippen LogP contribution is 2.20. The van der Waals surface area contributed by atoms with E-state index in [2.05, 4.69) is 20.0 Å². The van der Waals surface area contributed by atoms with Gasteiger partial charge in [-0.1, -0.05) is 0 Å². The van der Waals surface area contributed by atoms with Crippen LogP contribution in [0.5, 0.6) is 0 Å². The normalized spacial score (nSPS) is 19.7. The summed E-state index contributed by atoms with van der Waals surface area (Å²) >= 11 is 0. The highest BCUT2D eigenvalue weighted by Gasteiger charge is 2.22. The largest absolute Gasteiger partial charge is 0.384 e. The molecule has 1 saturated heterocycles. The Morgan fingerprint density at radius 1 is 1.55 bits per heavy atom. The third kappa shape index (κ3) is 2.29. The predicted octanol–water partition coefficient (Wildman–Crippen LogP) is 0.519. The average Bonchev–Trinajstić information content (AvgIpc) is 2.82. The summed E-state index contributed by atoms with van der Waals surface area (Å²) in [6.45, 7) is 2.52.